The van der Waals surface area contributed by atoms with Crippen LogP contribution in [0.5, 0.6) is 0 Å². The zero-order valence-corrected chi connectivity index (χ0v) is 13.6. The Morgan fingerprint density at radius 1 is 1.14 bits per heavy atom. The largest absolute Gasteiger partial charge is 0.467 e. The van der Waals surface area contributed by atoms with Gasteiger partial charge in [0.1, 0.15) is 5.54 Å². The van der Waals surface area contributed by atoms with Crippen LogP contribution >= 0.6 is 0 Å². The molecule has 122 valence electrons. The number of esters is 1. The van der Waals surface area contributed by atoms with E-state index in [1.165, 1.54) is 14.0 Å². The summed E-state index contributed by atoms with van der Waals surface area (Å²) in [6.45, 7) is 5.76. The third-order valence-electron chi connectivity index (χ3n) is 3.26. The SMILES string of the molecule is CCCC(C)(NC(=O)CCCCCNC(C)=O)C(=O)OC. The summed E-state index contributed by atoms with van der Waals surface area (Å²) in [6.07, 6.45) is 4.13. The summed E-state index contributed by atoms with van der Waals surface area (Å²) in [5.74, 6) is -0.597. The number of unbranched alkanes of at least 4 members (excludes halogenated alkanes) is 2. The van der Waals surface area contributed by atoms with Gasteiger partial charge in [0, 0.05) is 19.9 Å². The molecule has 0 fully saturated rings. The molecule has 0 aliphatic carbocycles. The van der Waals surface area contributed by atoms with E-state index in [9.17, 15) is 14.4 Å². The van der Waals surface area contributed by atoms with E-state index < -0.39 is 11.5 Å². The Hall–Kier alpha value is -1.59. The van der Waals surface area contributed by atoms with Crippen LogP contribution in [-0.4, -0.2) is 37.0 Å². The number of nitrogens with one attached hydrogen (secondary N) is 2. The quantitative estimate of drug-likeness (QED) is 0.473. The van der Waals surface area contributed by atoms with Crippen molar-refractivity contribution < 1.29 is 19.1 Å². The highest BCUT2D eigenvalue weighted by molar-refractivity contribution is 5.87. The van der Waals surface area contributed by atoms with E-state index in [2.05, 4.69) is 10.6 Å². The van der Waals surface area contributed by atoms with E-state index in [0.717, 1.165) is 25.7 Å². The first-order chi connectivity index (χ1) is 9.85. The molecule has 2 amide bonds. The summed E-state index contributed by atoms with van der Waals surface area (Å²) in [5.41, 5.74) is -0.948. The maximum Gasteiger partial charge on any atom is 0.331 e. The summed E-state index contributed by atoms with van der Waals surface area (Å²) in [4.78, 5) is 34.3. The number of ether oxygens (including phenoxy) is 1. The van der Waals surface area contributed by atoms with Crippen molar-refractivity contribution in [1.82, 2.24) is 10.6 Å². The van der Waals surface area contributed by atoms with Crippen LogP contribution in [0, 0.1) is 0 Å². The first-order valence-corrected chi connectivity index (χ1v) is 7.49. The second-order valence-corrected chi connectivity index (χ2v) is 5.42. The molecule has 6 heteroatoms. The number of rotatable bonds is 10. The van der Waals surface area contributed by atoms with Crippen molar-refractivity contribution in [2.45, 2.75) is 64.8 Å². The van der Waals surface area contributed by atoms with E-state index in [4.69, 9.17) is 4.74 Å². The molecule has 2 N–H and O–H groups in total. The first-order valence-electron chi connectivity index (χ1n) is 7.49. The van der Waals surface area contributed by atoms with Gasteiger partial charge in [0.2, 0.25) is 11.8 Å². The van der Waals surface area contributed by atoms with Crippen molar-refractivity contribution in [2.75, 3.05) is 13.7 Å². The Bertz CT molecular complexity index is 358. The maximum atomic E-state index is 11.9. The standard InChI is InChI=1S/C15H28N2O4/c1-5-10-15(3,14(20)21-4)17-13(19)9-7-6-8-11-16-12(2)18/h5-11H2,1-4H3,(H,16,18)(H,17,19). The molecule has 6 nitrogen and oxygen atoms in total. The Kier molecular flexibility index (Phi) is 9.41. The fourth-order valence-corrected chi connectivity index (χ4v) is 2.16. The van der Waals surface area contributed by atoms with Crippen molar-refractivity contribution in [3.63, 3.8) is 0 Å². The second-order valence-electron chi connectivity index (χ2n) is 5.42. The fraction of sp³-hybridized carbons (Fsp3) is 0.800. The Balaban J connectivity index is 4.04. The van der Waals surface area contributed by atoms with Gasteiger partial charge in [-0.3, -0.25) is 9.59 Å². The number of hydrogen-bond acceptors (Lipinski definition) is 4. The molecule has 0 aromatic rings. The van der Waals surface area contributed by atoms with Crippen LogP contribution in [-0.2, 0) is 19.1 Å². The lowest BCUT2D eigenvalue weighted by Crippen LogP contribution is -2.52. The molecule has 1 unspecified atom stereocenters. The molecule has 0 spiro atoms. The number of amides is 2. The van der Waals surface area contributed by atoms with Gasteiger partial charge in [0.15, 0.2) is 0 Å². The number of carbonyl (C=O) groups is 3. The minimum Gasteiger partial charge on any atom is -0.467 e. The molecule has 0 saturated heterocycles. The molecule has 0 rings (SSSR count). The molecule has 0 saturated carbocycles. The highest BCUT2D eigenvalue weighted by Gasteiger charge is 2.34. The van der Waals surface area contributed by atoms with Crippen LogP contribution in [0.3, 0.4) is 0 Å². The van der Waals surface area contributed by atoms with E-state index in [0.29, 0.717) is 19.4 Å². The molecular weight excluding hydrogens is 272 g/mol. The highest BCUT2D eigenvalue weighted by atomic mass is 16.5. The van der Waals surface area contributed by atoms with Crippen molar-refractivity contribution in [1.29, 1.82) is 0 Å². The lowest BCUT2D eigenvalue weighted by Gasteiger charge is -2.27. The summed E-state index contributed by atoms with van der Waals surface area (Å²) in [7, 11) is 1.32. The van der Waals surface area contributed by atoms with Crippen LogP contribution in [0.15, 0.2) is 0 Å². The van der Waals surface area contributed by atoms with E-state index in [1.54, 1.807) is 6.92 Å². The van der Waals surface area contributed by atoms with Crippen LogP contribution < -0.4 is 10.6 Å². The molecule has 0 aromatic carbocycles. The van der Waals surface area contributed by atoms with E-state index in [1.807, 2.05) is 6.92 Å². The van der Waals surface area contributed by atoms with Crippen molar-refractivity contribution in [3.05, 3.63) is 0 Å². The Morgan fingerprint density at radius 2 is 1.81 bits per heavy atom. The molecule has 1 atom stereocenters. The van der Waals surface area contributed by atoms with Crippen LogP contribution in [0.1, 0.15) is 59.3 Å². The van der Waals surface area contributed by atoms with Gasteiger partial charge < -0.3 is 15.4 Å². The normalized spacial score (nSPS) is 13.1. The number of methoxy groups -OCH3 is 1. The topological polar surface area (TPSA) is 84.5 Å². The summed E-state index contributed by atoms with van der Waals surface area (Å²) < 4.78 is 4.75. The highest BCUT2D eigenvalue weighted by Crippen LogP contribution is 2.15. The fourth-order valence-electron chi connectivity index (χ4n) is 2.16. The lowest BCUT2D eigenvalue weighted by atomic mass is 9.96. The number of hydrogen-bond donors (Lipinski definition) is 2. The van der Waals surface area contributed by atoms with Gasteiger partial charge in [-0.1, -0.05) is 19.8 Å². The monoisotopic (exact) mass is 300 g/mol. The first kappa shape index (κ1) is 19.4. The minimum atomic E-state index is -0.948. The molecule has 0 bridgehead atoms. The zero-order chi connectivity index (χ0) is 16.3. The van der Waals surface area contributed by atoms with Gasteiger partial charge in [-0.15, -0.1) is 0 Å². The predicted octanol–water partition coefficient (Wildman–Crippen LogP) is 1.53. The van der Waals surface area contributed by atoms with Gasteiger partial charge in [0.25, 0.3) is 0 Å². The van der Waals surface area contributed by atoms with Gasteiger partial charge in [-0.05, 0) is 26.2 Å². The van der Waals surface area contributed by atoms with Crippen LogP contribution in [0.2, 0.25) is 0 Å². The Morgan fingerprint density at radius 3 is 2.33 bits per heavy atom. The summed E-state index contributed by atoms with van der Waals surface area (Å²) >= 11 is 0. The smallest absolute Gasteiger partial charge is 0.331 e. The third-order valence-corrected chi connectivity index (χ3v) is 3.26. The van der Waals surface area contributed by atoms with Gasteiger partial charge in [0.05, 0.1) is 7.11 Å². The van der Waals surface area contributed by atoms with Crippen molar-refractivity contribution in [3.8, 4) is 0 Å². The van der Waals surface area contributed by atoms with E-state index in [-0.39, 0.29) is 11.8 Å². The average molecular weight is 300 g/mol. The Labute approximate surface area is 127 Å². The summed E-state index contributed by atoms with van der Waals surface area (Å²) in [6, 6.07) is 0. The predicted molar refractivity (Wildman–Crippen MR) is 80.6 cm³/mol. The van der Waals surface area contributed by atoms with Gasteiger partial charge >= 0.3 is 5.97 Å². The van der Waals surface area contributed by atoms with Crippen LogP contribution in [0.25, 0.3) is 0 Å². The van der Waals surface area contributed by atoms with E-state index >= 15 is 0 Å². The van der Waals surface area contributed by atoms with Gasteiger partial charge in [-0.25, -0.2) is 4.79 Å². The molecule has 0 aliphatic rings. The summed E-state index contributed by atoms with van der Waals surface area (Å²) in [5, 5.41) is 5.48. The van der Waals surface area contributed by atoms with Gasteiger partial charge in [-0.2, -0.15) is 0 Å². The number of carbonyl (C=O) groups excluding carboxylic acids is 3. The molecular formula is C15H28N2O4. The lowest BCUT2D eigenvalue weighted by molar-refractivity contribution is -0.150. The van der Waals surface area contributed by atoms with Crippen LogP contribution in [0.4, 0.5) is 0 Å². The van der Waals surface area contributed by atoms with Crippen molar-refractivity contribution >= 4 is 17.8 Å². The molecule has 0 aliphatic heterocycles. The minimum absolute atomic E-state index is 0.0406. The molecule has 0 aromatic heterocycles. The maximum absolute atomic E-state index is 11.9. The average Bonchev–Trinajstić information content (AvgIpc) is 2.41. The molecule has 0 radical (unpaired) electrons. The molecule has 0 heterocycles. The molecule has 21 heavy (non-hydrogen) atoms. The van der Waals surface area contributed by atoms with Crippen molar-refractivity contribution in [2.24, 2.45) is 0 Å². The third kappa shape index (κ3) is 8.32. The zero-order valence-electron chi connectivity index (χ0n) is 13.6. The second kappa shape index (κ2) is 10.2.